The molecule has 1 fully saturated rings. The van der Waals surface area contributed by atoms with Crippen molar-refractivity contribution < 1.29 is 14.3 Å². The molecule has 0 unspecified atom stereocenters. The van der Waals surface area contributed by atoms with Crippen molar-refractivity contribution in [2.24, 2.45) is 0 Å². The van der Waals surface area contributed by atoms with Crippen molar-refractivity contribution in [2.75, 3.05) is 0 Å². The fourth-order valence-electron chi connectivity index (χ4n) is 3.46. The SMILES string of the molecule is Cc1cccc(COc2ccccc2/C=C2\SC(=O)N(Cc3cccc(C)c3)C2=O)c1. The summed E-state index contributed by atoms with van der Waals surface area (Å²) < 4.78 is 6.02. The second kappa shape index (κ2) is 9.23. The first-order valence-corrected chi connectivity index (χ1v) is 10.9. The van der Waals surface area contributed by atoms with Crippen LogP contribution in [0, 0.1) is 13.8 Å². The third-order valence-electron chi connectivity index (χ3n) is 4.98. The van der Waals surface area contributed by atoms with Gasteiger partial charge in [0.25, 0.3) is 11.1 Å². The monoisotopic (exact) mass is 429 g/mol. The molecule has 2 amide bonds. The van der Waals surface area contributed by atoms with E-state index >= 15 is 0 Å². The Morgan fingerprint density at radius 2 is 1.55 bits per heavy atom. The highest BCUT2D eigenvalue weighted by atomic mass is 32.2. The van der Waals surface area contributed by atoms with Crippen LogP contribution < -0.4 is 4.74 Å². The van der Waals surface area contributed by atoms with Gasteiger partial charge in [-0.1, -0.05) is 77.9 Å². The zero-order valence-corrected chi connectivity index (χ0v) is 18.3. The lowest BCUT2D eigenvalue weighted by molar-refractivity contribution is -0.123. The first kappa shape index (κ1) is 20.9. The second-order valence-electron chi connectivity index (χ2n) is 7.57. The molecule has 1 aliphatic heterocycles. The van der Waals surface area contributed by atoms with Crippen LogP contribution in [0.4, 0.5) is 4.79 Å². The van der Waals surface area contributed by atoms with Crippen LogP contribution in [0.5, 0.6) is 5.75 Å². The number of hydrogen-bond donors (Lipinski definition) is 0. The van der Waals surface area contributed by atoms with E-state index in [2.05, 4.69) is 6.07 Å². The molecule has 156 valence electrons. The highest BCUT2D eigenvalue weighted by molar-refractivity contribution is 8.18. The van der Waals surface area contributed by atoms with E-state index < -0.39 is 0 Å². The Balaban J connectivity index is 1.52. The molecule has 0 spiro atoms. The van der Waals surface area contributed by atoms with E-state index in [0.29, 0.717) is 17.3 Å². The molecule has 0 bridgehead atoms. The van der Waals surface area contributed by atoms with Crippen molar-refractivity contribution in [3.8, 4) is 5.75 Å². The molecule has 0 saturated carbocycles. The van der Waals surface area contributed by atoms with Crippen molar-refractivity contribution in [3.63, 3.8) is 0 Å². The molecule has 1 saturated heterocycles. The molecular formula is C26H23NO3S. The number of imide groups is 1. The number of carbonyl (C=O) groups is 2. The van der Waals surface area contributed by atoms with Gasteiger partial charge < -0.3 is 4.74 Å². The average Bonchev–Trinajstić information content (AvgIpc) is 3.01. The van der Waals surface area contributed by atoms with Gasteiger partial charge in [0.15, 0.2) is 0 Å². The summed E-state index contributed by atoms with van der Waals surface area (Å²) in [5.41, 5.74) is 5.06. The van der Waals surface area contributed by atoms with Crippen LogP contribution in [0.25, 0.3) is 6.08 Å². The number of thioether (sulfide) groups is 1. The van der Waals surface area contributed by atoms with Crippen LogP contribution in [0.2, 0.25) is 0 Å². The van der Waals surface area contributed by atoms with E-state index in [4.69, 9.17) is 4.74 Å². The third-order valence-corrected chi connectivity index (χ3v) is 5.89. The Bertz CT molecular complexity index is 1170. The van der Waals surface area contributed by atoms with Crippen LogP contribution in [0.3, 0.4) is 0 Å². The van der Waals surface area contributed by atoms with Crippen LogP contribution in [-0.4, -0.2) is 16.0 Å². The zero-order chi connectivity index (χ0) is 21.8. The van der Waals surface area contributed by atoms with Crippen molar-refractivity contribution >= 4 is 29.0 Å². The predicted octanol–water partition coefficient (Wildman–Crippen LogP) is 6.12. The molecule has 0 atom stereocenters. The van der Waals surface area contributed by atoms with Gasteiger partial charge >= 0.3 is 0 Å². The molecule has 1 aliphatic rings. The number of amides is 2. The van der Waals surface area contributed by atoms with E-state index in [1.807, 2.05) is 80.6 Å². The third kappa shape index (κ3) is 5.06. The predicted molar refractivity (Wildman–Crippen MR) is 125 cm³/mol. The summed E-state index contributed by atoms with van der Waals surface area (Å²) in [7, 11) is 0. The highest BCUT2D eigenvalue weighted by Crippen LogP contribution is 2.35. The topological polar surface area (TPSA) is 46.6 Å². The molecule has 4 nitrogen and oxygen atoms in total. The Kier molecular flexibility index (Phi) is 6.23. The molecule has 0 N–H and O–H groups in total. The lowest BCUT2D eigenvalue weighted by Gasteiger charge is -2.13. The van der Waals surface area contributed by atoms with Gasteiger partial charge in [-0.15, -0.1) is 0 Å². The smallest absolute Gasteiger partial charge is 0.293 e. The van der Waals surface area contributed by atoms with E-state index in [9.17, 15) is 9.59 Å². The number of benzene rings is 3. The zero-order valence-electron chi connectivity index (χ0n) is 17.5. The highest BCUT2D eigenvalue weighted by Gasteiger charge is 2.35. The molecule has 1 heterocycles. The van der Waals surface area contributed by atoms with E-state index in [-0.39, 0.29) is 17.7 Å². The lowest BCUT2D eigenvalue weighted by Crippen LogP contribution is -2.27. The average molecular weight is 430 g/mol. The summed E-state index contributed by atoms with van der Waals surface area (Å²) in [4.78, 5) is 27.1. The van der Waals surface area contributed by atoms with Crippen LogP contribution in [0.15, 0.2) is 77.7 Å². The van der Waals surface area contributed by atoms with Crippen molar-refractivity contribution in [1.82, 2.24) is 4.90 Å². The molecule has 0 aliphatic carbocycles. The molecule has 3 aromatic carbocycles. The second-order valence-corrected chi connectivity index (χ2v) is 8.57. The molecule has 3 aromatic rings. The number of ether oxygens (including phenoxy) is 1. The van der Waals surface area contributed by atoms with Gasteiger partial charge in [0.1, 0.15) is 12.4 Å². The fraction of sp³-hybridized carbons (Fsp3) is 0.154. The molecule has 4 rings (SSSR count). The van der Waals surface area contributed by atoms with Crippen LogP contribution >= 0.6 is 11.8 Å². The summed E-state index contributed by atoms with van der Waals surface area (Å²) in [5, 5.41) is -0.254. The maximum absolute atomic E-state index is 12.9. The van der Waals surface area contributed by atoms with Crippen molar-refractivity contribution in [3.05, 3.63) is 106 Å². The molecule has 31 heavy (non-hydrogen) atoms. The Hall–Kier alpha value is -3.31. The standard InChI is InChI=1S/C26H23NO3S/c1-18-7-5-9-20(13-18)16-27-25(28)24(31-26(27)29)15-22-11-3-4-12-23(22)30-17-21-10-6-8-19(2)14-21/h3-15H,16-17H2,1-2H3/b24-15-. The van der Waals surface area contributed by atoms with Crippen molar-refractivity contribution in [2.45, 2.75) is 27.0 Å². The summed E-state index contributed by atoms with van der Waals surface area (Å²) in [6, 6.07) is 23.5. The quantitative estimate of drug-likeness (QED) is 0.443. The minimum Gasteiger partial charge on any atom is -0.488 e. The number of nitrogens with zero attached hydrogens (tertiary/aromatic N) is 1. The van der Waals surface area contributed by atoms with E-state index in [0.717, 1.165) is 34.0 Å². The lowest BCUT2D eigenvalue weighted by atomic mass is 10.1. The fourth-order valence-corrected chi connectivity index (χ4v) is 4.29. The molecule has 0 radical (unpaired) electrons. The minimum atomic E-state index is -0.273. The maximum atomic E-state index is 12.9. The Labute approximate surface area is 186 Å². The normalized spacial score (nSPS) is 15.0. The number of rotatable bonds is 6. The largest absolute Gasteiger partial charge is 0.488 e. The van der Waals surface area contributed by atoms with Gasteiger partial charge in [-0.25, -0.2) is 0 Å². The summed E-state index contributed by atoms with van der Waals surface area (Å²) in [6.45, 7) is 4.74. The molecule has 0 aromatic heterocycles. The molecular weight excluding hydrogens is 406 g/mol. The van der Waals surface area contributed by atoms with Crippen LogP contribution in [0.1, 0.15) is 27.8 Å². The van der Waals surface area contributed by atoms with Crippen molar-refractivity contribution in [1.29, 1.82) is 0 Å². The number of carbonyl (C=O) groups excluding carboxylic acids is 2. The Morgan fingerprint density at radius 3 is 2.29 bits per heavy atom. The first-order chi connectivity index (χ1) is 15.0. The van der Waals surface area contributed by atoms with Gasteiger partial charge in [-0.05, 0) is 48.9 Å². The Morgan fingerprint density at radius 1 is 0.871 bits per heavy atom. The summed E-state index contributed by atoms with van der Waals surface area (Å²) in [5.74, 6) is 0.402. The number of aryl methyl sites for hydroxylation is 2. The minimum absolute atomic E-state index is 0.254. The number of para-hydroxylation sites is 1. The summed E-state index contributed by atoms with van der Waals surface area (Å²) >= 11 is 0.968. The number of hydrogen-bond acceptors (Lipinski definition) is 4. The van der Waals surface area contributed by atoms with Gasteiger partial charge in [0.05, 0.1) is 11.4 Å². The van der Waals surface area contributed by atoms with Gasteiger partial charge in [-0.3, -0.25) is 14.5 Å². The summed E-state index contributed by atoms with van der Waals surface area (Å²) in [6.07, 6.45) is 1.74. The van der Waals surface area contributed by atoms with Gasteiger partial charge in [0.2, 0.25) is 0 Å². The van der Waals surface area contributed by atoms with Gasteiger partial charge in [0, 0.05) is 5.56 Å². The maximum Gasteiger partial charge on any atom is 0.293 e. The van der Waals surface area contributed by atoms with E-state index in [1.165, 1.54) is 10.5 Å². The first-order valence-electron chi connectivity index (χ1n) is 10.1. The molecule has 5 heteroatoms. The van der Waals surface area contributed by atoms with E-state index in [1.54, 1.807) is 6.08 Å². The van der Waals surface area contributed by atoms with Crippen LogP contribution in [-0.2, 0) is 17.9 Å². The van der Waals surface area contributed by atoms with Gasteiger partial charge in [-0.2, -0.15) is 0 Å².